The first kappa shape index (κ1) is 26.6. The Morgan fingerprint density at radius 1 is 1.11 bits per heavy atom. The highest BCUT2D eigenvalue weighted by Crippen LogP contribution is 2.35. The van der Waals surface area contributed by atoms with E-state index >= 15 is 0 Å². The van der Waals surface area contributed by atoms with Gasteiger partial charge in [0.2, 0.25) is 0 Å². The lowest BCUT2D eigenvalue weighted by molar-refractivity contribution is -0.152. The second-order valence-corrected chi connectivity index (χ2v) is 11.2. The van der Waals surface area contributed by atoms with Gasteiger partial charge in [-0.05, 0) is 74.6 Å². The van der Waals surface area contributed by atoms with Gasteiger partial charge < -0.3 is 15.8 Å². The maximum atomic E-state index is 11.7. The molecular weight excluding hydrogens is 436 g/mol. The summed E-state index contributed by atoms with van der Waals surface area (Å²) >= 11 is 0. The molecule has 0 amide bonds. The molecule has 0 spiro atoms. The molecule has 1 saturated carbocycles. The molecule has 0 heterocycles. The minimum Gasteiger partial charge on any atom is -0.442 e. The van der Waals surface area contributed by atoms with E-state index < -0.39 is 5.41 Å². The van der Waals surface area contributed by atoms with Crippen molar-refractivity contribution < 1.29 is 9.53 Å². The van der Waals surface area contributed by atoms with E-state index in [4.69, 9.17) is 10.5 Å². The Hall–Kier alpha value is -2.99. The van der Waals surface area contributed by atoms with Gasteiger partial charge in [0.15, 0.2) is 6.73 Å². The predicted molar refractivity (Wildman–Crippen MR) is 144 cm³/mol. The van der Waals surface area contributed by atoms with Gasteiger partial charge in [-0.3, -0.25) is 4.79 Å². The Morgan fingerprint density at radius 3 is 2.46 bits per heavy atom. The Labute approximate surface area is 210 Å². The lowest BCUT2D eigenvalue weighted by Gasteiger charge is -2.34. The monoisotopic (exact) mass is 476 g/mol. The number of rotatable bonds is 8. The third-order valence-corrected chi connectivity index (χ3v) is 6.54. The van der Waals surface area contributed by atoms with Gasteiger partial charge >= 0.3 is 5.97 Å². The number of nitrogens with one attached hydrogen (secondary N) is 1. The smallest absolute Gasteiger partial charge is 0.313 e. The zero-order valence-electron chi connectivity index (χ0n) is 21.8. The van der Waals surface area contributed by atoms with E-state index in [2.05, 4.69) is 65.5 Å². The summed E-state index contributed by atoms with van der Waals surface area (Å²) in [4.78, 5) is 19.9. The molecular formula is C29H40N4O2. The molecule has 0 aliphatic heterocycles. The largest absolute Gasteiger partial charge is 0.442 e. The van der Waals surface area contributed by atoms with E-state index in [1.807, 2.05) is 12.1 Å². The second kappa shape index (κ2) is 11.6. The maximum absolute atomic E-state index is 11.7. The summed E-state index contributed by atoms with van der Waals surface area (Å²) in [6, 6.07) is 17.3. The molecule has 3 rings (SSSR count). The predicted octanol–water partition coefficient (Wildman–Crippen LogP) is 5.69. The first-order valence-corrected chi connectivity index (χ1v) is 12.5. The lowest BCUT2D eigenvalue weighted by atomic mass is 9.75. The van der Waals surface area contributed by atoms with Crippen molar-refractivity contribution in [1.82, 2.24) is 5.32 Å². The van der Waals surface area contributed by atoms with Gasteiger partial charge in [0.05, 0.1) is 5.41 Å². The molecule has 1 fully saturated rings. The normalized spacial score (nSPS) is 17.0. The third-order valence-electron chi connectivity index (χ3n) is 6.54. The fourth-order valence-electron chi connectivity index (χ4n) is 4.08. The summed E-state index contributed by atoms with van der Waals surface area (Å²) in [6.45, 7) is 10.9. The Bertz CT molecular complexity index is 1040. The van der Waals surface area contributed by atoms with Crippen LogP contribution in [0, 0.1) is 10.8 Å². The van der Waals surface area contributed by atoms with Crippen LogP contribution in [0.5, 0.6) is 0 Å². The zero-order valence-corrected chi connectivity index (χ0v) is 21.8. The van der Waals surface area contributed by atoms with E-state index in [0.29, 0.717) is 17.3 Å². The molecule has 0 atom stereocenters. The minimum absolute atomic E-state index is 0.0737. The highest BCUT2D eigenvalue weighted by molar-refractivity contribution is 6.01. The third kappa shape index (κ3) is 8.32. The van der Waals surface area contributed by atoms with Gasteiger partial charge in [-0.1, -0.05) is 56.3 Å². The summed E-state index contributed by atoms with van der Waals surface area (Å²) in [5, 5.41) is 3.75. The van der Waals surface area contributed by atoms with E-state index in [9.17, 15) is 4.79 Å². The van der Waals surface area contributed by atoms with E-state index in [0.717, 1.165) is 17.7 Å². The average molecular weight is 477 g/mol. The molecule has 2 aromatic rings. The molecule has 0 aromatic heterocycles. The molecule has 188 valence electrons. The Balaban J connectivity index is 1.54. The van der Waals surface area contributed by atoms with Crippen molar-refractivity contribution >= 4 is 18.1 Å². The van der Waals surface area contributed by atoms with Crippen LogP contribution in [0.3, 0.4) is 0 Å². The van der Waals surface area contributed by atoms with Crippen molar-refractivity contribution in [2.24, 2.45) is 26.5 Å². The number of nitrogens with zero attached hydrogens (tertiary/aromatic N) is 2. The van der Waals surface area contributed by atoms with E-state index in [1.165, 1.54) is 43.1 Å². The number of ether oxygens (including phenoxy) is 1. The molecule has 0 bridgehead atoms. The number of nitrogens with two attached hydrogens (primary N) is 1. The molecule has 35 heavy (non-hydrogen) atoms. The van der Waals surface area contributed by atoms with E-state index in [1.54, 1.807) is 20.8 Å². The van der Waals surface area contributed by atoms with Crippen LogP contribution in [-0.2, 0) is 16.1 Å². The van der Waals surface area contributed by atoms with Gasteiger partial charge in [0.1, 0.15) is 12.2 Å². The van der Waals surface area contributed by atoms with Crippen LogP contribution < -0.4 is 11.1 Å². The summed E-state index contributed by atoms with van der Waals surface area (Å²) in [5.41, 5.74) is 10.4. The van der Waals surface area contributed by atoms with Gasteiger partial charge in [-0.25, -0.2) is 9.98 Å². The summed E-state index contributed by atoms with van der Waals surface area (Å²) < 4.78 is 5.08. The summed E-state index contributed by atoms with van der Waals surface area (Å²) in [7, 11) is 0. The topological polar surface area (TPSA) is 89.1 Å². The van der Waals surface area contributed by atoms with Crippen LogP contribution in [0.2, 0.25) is 0 Å². The number of carbonyl (C=O) groups is 1. The van der Waals surface area contributed by atoms with Gasteiger partial charge in [0, 0.05) is 18.2 Å². The van der Waals surface area contributed by atoms with Crippen molar-refractivity contribution in [2.45, 2.75) is 72.9 Å². The molecule has 6 heteroatoms. The van der Waals surface area contributed by atoms with Crippen molar-refractivity contribution in [3.63, 3.8) is 0 Å². The number of amidine groups is 1. The van der Waals surface area contributed by atoms with Gasteiger partial charge in [0.25, 0.3) is 0 Å². The standard InChI is InChI=1S/C29H40N4O2/c1-28(2,3)27(34)35-20-31-19-33-26(30)23-11-9-22(10-12-23)24-8-6-7-21(17-24)18-32-25-13-15-29(4,5)16-14-25/h6-12,17,19,25,32H,13-16,18,20H2,1-5H3,(H2,30,31,33). The highest BCUT2D eigenvalue weighted by atomic mass is 16.5. The van der Waals surface area contributed by atoms with Crippen molar-refractivity contribution in [1.29, 1.82) is 0 Å². The fourth-order valence-corrected chi connectivity index (χ4v) is 4.08. The van der Waals surface area contributed by atoms with Crippen LogP contribution in [0.1, 0.15) is 71.4 Å². The first-order valence-electron chi connectivity index (χ1n) is 12.5. The summed E-state index contributed by atoms with van der Waals surface area (Å²) in [5.74, 6) is 0.0520. The molecule has 1 aliphatic carbocycles. The molecule has 1 aliphatic rings. The second-order valence-electron chi connectivity index (χ2n) is 11.2. The van der Waals surface area contributed by atoms with Crippen LogP contribution in [0.15, 0.2) is 58.5 Å². The fraction of sp³-hybridized carbons (Fsp3) is 0.483. The van der Waals surface area contributed by atoms with Crippen LogP contribution in [-0.4, -0.2) is 30.9 Å². The molecule has 0 saturated heterocycles. The lowest BCUT2D eigenvalue weighted by Crippen LogP contribution is -2.35. The number of esters is 1. The minimum atomic E-state index is -0.553. The number of carbonyl (C=O) groups excluding carboxylic acids is 1. The Kier molecular flexibility index (Phi) is 8.84. The summed E-state index contributed by atoms with van der Waals surface area (Å²) in [6.07, 6.45) is 6.41. The molecule has 6 nitrogen and oxygen atoms in total. The van der Waals surface area contributed by atoms with Crippen molar-refractivity contribution in [2.75, 3.05) is 6.73 Å². The number of hydrogen-bond acceptors (Lipinski definition) is 4. The van der Waals surface area contributed by atoms with Crippen LogP contribution >= 0.6 is 0 Å². The van der Waals surface area contributed by atoms with Crippen molar-refractivity contribution in [3.8, 4) is 11.1 Å². The van der Waals surface area contributed by atoms with Crippen LogP contribution in [0.25, 0.3) is 11.1 Å². The molecule has 2 aromatic carbocycles. The van der Waals surface area contributed by atoms with Gasteiger partial charge in [-0.2, -0.15) is 0 Å². The highest BCUT2D eigenvalue weighted by Gasteiger charge is 2.26. The zero-order chi connectivity index (χ0) is 25.5. The molecule has 0 unspecified atom stereocenters. The first-order chi connectivity index (χ1) is 16.5. The van der Waals surface area contributed by atoms with E-state index in [-0.39, 0.29) is 12.7 Å². The van der Waals surface area contributed by atoms with Crippen LogP contribution in [0.4, 0.5) is 0 Å². The quantitative estimate of drug-likeness (QED) is 0.291. The SMILES string of the molecule is CC1(C)CCC(NCc2cccc(-c3ccc(C(N)=N/C=N/COC(=O)C(C)(C)C)cc3)c2)CC1. The average Bonchev–Trinajstić information content (AvgIpc) is 2.82. The number of aliphatic imine (C=N–C) groups is 2. The molecule has 3 N–H and O–H groups in total. The maximum Gasteiger partial charge on any atom is 0.313 e. The number of benzene rings is 2. The molecule has 0 radical (unpaired) electrons. The van der Waals surface area contributed by atoms with Crippen molar-refractivity contribution in [3.05, 3.63) is 59.7 Å². The Morgan fingerprint density at radius 2 is 1.80 bits per heavy atom. The van der Waals surface area contributed by atoms with Gasteiger partial charge in [-0.15, -0.1) is 0 Å². The number of hydrogen-bond donors (Lipinski definition) is 2.